The lowest BCUT2D eigenvalue weighted by Gasteiger charge is -2.31. The van der Waals surface area contributed by atoms with Crippen LogP contribution in [-0.4, -0.2) is 36.0 Å². The first-order valence-electron chi connectivity index (χ1n) is 6.81. The Labute approximate surface area is 122 Å². The predicted octanol–water partition coefficient (Wildman–Crippen LogP) is 1.37. The van der Waals surface area contributed by atoms with Crippen LogP contribution in [0.5, 0.6) is 0 Å². The number of nitrogens with zero attached hydrogens (tertiary/aromatic N) is 3. The second-order valence-corrected chi connectivity index (χ2v) is 5.80. The van der Waals surface area contributed by atoms with Gasteiger partial charge in [-0.3, -0.25) is 4.79 Å². The van der Waals surface area contributed by atoms with Crippen LogP contribution in [0.2, 0.25) is 0 Å². The van der Waals surface area contributed by atoms with Gasteiger partial charge in [0.05, 0.1) is 11.9 Å². The van der Waals surface area contributed by atoms with Crippen molar-refractivity contribution >= 4 is 21.6 Å². The number of nitrogens with one attached hydrogen (secondary N) is 1. The standard InChI is InChI=1S/C13H21BrN4O/c1-3-18(9-10-4-6-15-7-5-10)11-8-16-17(2)13(19)12(11)14/h8,10,15H,3-7,9H2,1-2H3. The summed E-state index contributed by atoms with van der Waals surface area (Å²) in [5, 5.41) is 7.50. The van der Waals surface area contributed by atoms with E-state index in [1.807, 2.05) is 0 Å². The second kappa shape index (κ2) is 6.52. The third kappa shape index (κ3) is 3.36. The van der Waals surface area contributed by atoms with E-state index in [1.165, 1.54) is 17.5 Å². The number of halogens is 1. The minimum absolute atomic E-state index is 0.0822. The van der Waals surface area contributed by atoms with E-state index in [9.17, 15) is 4.79 Å². The van der Waals surface area contributed by atoms with Crippen LogP contribution in [0.1, 0.15) is 19.8 Å². The van der Waals surface area contributed by atoms with E-state index < -0.39 is 0 Å². The summed E-state index contributed by atoms with van der Waals surface area (Å²) in [6.07, 6.45) is 4.18. The molecule has 0 radical (unpaired) electrons. The first-order chi connectivity index (χ1) is 9.13. The van der Waals surface area contributed by atoms with Gasteiger partial charge >= 0.3 is 0 Å². The molecule has 5 nitrogen and oxygen atoms in total. The number of hydrogen-bond donors (Lipinski definition) is 1. The molecule has 0 saturated carbocycles. The molecule has 1 N–H and O–H groups in total. The summed E-state index contributed by atoms with van der Waals surface area (Å²) in [7, 11) is 1.67. The van der Waals surface area contributed by atoms with Crippen molar-refractivity contribution in [1.29, 1.82) is 0 Å². The molecule has 1 aliphatic heterocycles. The molecule has 0 aromatic carbocycles. The van der Waals surface area contributed by atoms with Crippen molar-refractivity contribution in [3.05, 3.63) is 21.0 Å². The number of piperidine rings is 1. The minimum atomic E-state index is -0.0822. The monoisotopic (exact) mass is 328 g/mol. The number of aromatic nitrogens is 2. The van der Waals surface area contributed by atoms with Gasteiger partial charge in [-0.25, -0.2) is 4.68 Å². The van der Waals surface area contributed by atoms with E-state index >= 15 is 0 Å². The fourth-order valence-electron chi connectivity index (χ4n) is 2.50. The average molecular weight is 329 g/mol. The largest absolute Gasteiger partial charge is 0.369 e. The summed E-state index contributed by atoms with van der Waals surface area (Å²) in [6.45, 7) is 6.18. The van der Waals surface area contributed by atoms with Gasteiger partial charge in [-0.15, -0.1) is 0 Å². The van der Waals surface area contributed by atoms with Crippen molar-refractivity contribution in [3.8, 4) is 0 Å². The quantitative estimate of drug-likeness (QED) is 0.906. The Morgan fingerprint density at radius 1 is 1.53 bits per heavy atom. The van der Waals surface area contributed by atoms with Gasteiger partial charge in [-0.05, 0) is 54.7 Å². The summed E-state index contributed by atoms with van der Waals surface area (Å²) >= 11 is 3.41. The second-order valence-electron chi connectivity index (χ2n) is 5.00. The zero-order valence-electron chi connectivity index (χ0n) is 11.5. The highest BCUT2D eigenvalue weighted by molar-refractivity contribution is 9.10. The zero-order valence-corrected chi connectivity index (χ0v) is 13.1. The normalized spacial score (nSPS) is 16.6. The molecule has 1 saturated heterocycles. The fraction of sp³-hybridized carbons (Fsp3) is 0.692. The maximum absolute atomic E-state index is 11.9. The molecule has 0 spiro atoms. The van der Waals surface area contributed by atoms with E-state index in [-0.39, 0.29) is 5.56 Å². The lowest BCUT2D eigenvalue weighted by Crippen LogP contribution is -2.37. The van der Waals surface area contributed by atoms with Crippen LogP contribution in [-0.2, 0) is 7.05 Å². The maximum atomic E-state index is 11.9. The topological polar surface area (TPSA) is 50.2 Å². The third-order valence-electron chi connectivity index (χ3n) is 3.72. The molecule has 2 rings (SSSR count). The molecular weight excluding hydrogens is 308 g/mol. The van der Waals surface area contributed by atoms with Gasteiger partial charge in [0, 0.05) is 20.1 Å². The van der Waals surface area contributed by atoms with Gasteiger partial charge in [-0.2, -0.15) is 5.10 Å². The van der Waals surface area contributed by atoms with E-state index in [2.05, 4.69) is 38.2 Å². The van der Waals surface area contributed by atoms with Crippen LogP contribution < -0.4 is 15.8 Å². The Morgan fingerprint density at radius 2 is 2.21 bits per heavy atom. The average Bonchev–Trinajstić information content (AvgIpc) is 2.44. The number of aryl methyl sites for hydroxylation is 1. The summed E-state index contributed by atoms with van der Waals surface area (Å²) < 4.78 is 1.96. The SMILES string of the molecule is CCN(CC1CCNCC1)c1cnn(C)c(=O)c1Br. The van der Waals surface area contributed by atoms with Crippen LogP contribution in [0.4, 0.5) is 5.69 Å². The van der Waals surface area contributed by atoms with Gasteiger partial charge in [0.25, 0.3) is 5.56 Å². The molecule has 0 amide bonds. The van der Waals surface area contributed by atoms with E-state index in [0.29, 0.717) is 10.4 Å². The molecular formula is C13H21BrN4O. The highest BCUT2D eigenvalue weighted by Gasteiger charge is 2.19. The summed E-state index contributed by atoms with van der Waals surface area (Å²) in [6, 6.07) is 0. The van der Waals surface area contributed by atoms with E-state index in [0.717, 1.165) is 31.9 Å². The molecule has 2 heterocycles. The Bertz CT molecular complexity index is 482. The molecule has 0 atom stereocenters. The van der Waals surface area contributed by atoms with Gasteiger partial charge in [-0.1, -0.05) is 0 Å². The van der Waals surface area contributed by atoms with E-state index in [1.54, 1.807) is 13.2 Å². The molecule has 0 bridgehead atoms. The van der Waals surface area contributed by atoms with Gasteiger partial charge in [0.15, 0.2) is 0 Å². The summed E-state index contributed by atoms with van der Waals surface area (Å²) in [5.74, 6) is 0.692. The predicted molar refractivity (Wildman–Crippen MR) is 80.7 cm³/mol. The third-order valence-corrected chi connectivity index (χ3v) is 4.46. The maximum Gasteiger partial charge on any atom is 0.282 e. The van der Waals surface area contributed by atoms with Crippen LogP contribution >= 0.6 is 15.9 Å². The van der Waals surface area contributed by atoms with Crippen molar-refractivity contribution in [2.24, 2.45) is 13.0 Å². The number of anilines is 1. The number of rotatable bonds is 4. The highest BCUT2D eigenvalue weighted by Crippen LogP contribution is 2.24. The molecule has 0 aliphatic carbocycles. The first kappa shape index (κ1) is 14.5. The van der Waals surface area contributed by atoms with Crippen molar-refractivity contribution < 1.29 is 0 Å². The molecule has 106 valence electrons. The summed E-state index contributed by atoms with van der Waals surface area (Å²) in [4.78, 5) is 14.2. The smallest absolute Gasteiger partial charge is 0.282 e. The lowest BCUT2D eigenvalue weighted by atomic mass is 9.97. The van der Waals surface area contributed by atoms with E-state index in [4.69, 9.17) is 0 Å². The van der Waals surface area contributed by atoms with Crippen LogP contribution in [0, 0.1) is 5.92 Å². The van der Waals surface area contributed by atoms with Crippen LogP contribution in [0.15, 0.2) is 15.5 Å². The van der Waals surface area contributed by atoms with Crippen LogP contribution in [0.3, 0.4) is 0 Å². The van der Waals surface area contributed by atoms with Gasteiger partial charge < -0.3 is 10.2 Å². The molecule has 1 aromatic heterocycles. The zero-order chi connectivity index (χ0) is 13.8. The molecule has 0 unspecified atom stereocenters. The Balaban J connectivity index is 2.17. The Morgan fingerprint density at radius 3 is 2.84 bits per heavy atom. The first-order valence-corrected chi connectivity index (χ1v) is 7.60. The number of hydrogen-bond acceptors (Lipinski definition) is 4. The fourth-order valence-corrected chi connectivity index (χ4v) is 3.11. The Kier molecular flexibility index (Phi) is 4.99. The van der Waals surface area contributed by atoms with Crippen molar-refractivity contribution in [2.75, 3.05) is 31.1 Å². The highest BCUT2D eigenvalue weighted by atomic mass is 79.9. The molecule has 6 heteroatoms. The minimum Gasteiger partial charge on any atom is -0.369 e. The molecule has 1 aromatic rings. The molecule has 1 fully saturated rings. The van der Waals surface area contributed by atoms with Crippen molar-refractivity contribution in [1.82, 2.24) is 15.1 Å². The van der Waals surface area contributed by atoms with Crippen molar-refractivity contribution in [2.45, 2.75) is 19.8 Å². The lowest BCUT2D eigenvalue weighted by molar-refractivity contribution is 0.374. The van der Waals surface area contributed by atoms with Crippen molar-refractivity contribution in [3.63, 3.8) is 0 Å². The molecule has 19 heavy (non-hydrogen) atoms. The van der Waals surface area contributed by atoms with Gasteiger partial charge in [0.2, 0.25) is 0 Å². The molecule has 1 aliphatic rings. The van der Waals surface area contributed by atoms with Crippen LogP contribution in [0.25, 0.3) is 0 Å². The Hall–Kier alpha value is -0.880. The van der Waals surface area contributed by atoms with Gasteiger partial charge in [0.1, 0.15) is 4.47 Å². The summed E-state index contributed by atoms with van der Waals surface area (Å²) in [5.41, 5.74) is 0.824.